The molecule has 1 atom stereocenters. The molecule has 1 aliphatic carbocycles. The van der Waals surface area contributed by atoms with Crippen LogP contribution in [-0.2, 0) is 9.53 Å². The zero-order valence-corrected chi connectivity index (χ0v) is 14.7. The third-order valence-corrected chi connectivity index (χ3v) is 4.06. The van der Waals surface area contributed by atoms with E-state index in [9.17, 15) is 19.7 Å². The van der Waals surface area contributed by atoms with Crippen molar-refractivity contribution in [2.75, 3.05) is 5.32 Å². The molecule has 1 saturated carbocycles. The van der Waals surface area contributed by atoms with Gasteiger partial charge in [-0.05, 0) is 44.0 Å². The zero-order valence-electron chi connectivity index (χ0n) is 14.7. The molecule has 27 heavy (non-hydrogen) atoms. The van der Waals surface area contributed by atoms with Crippen LogP contribution in [0.3, 0.4) is 0 Å². The Hall–Kier alpha value is -3.42. The average Bonchev–Trinajstić information content (AvgIpc) is 3.46. The summed E-state index contributed by atoms with van der Waals surface area (Å²) in [7, 11) is 0. The molecule has 1 aliphatic rings. The van der Waals surface area contributed by atoms with E-state index in [-0.39, 0.29) is 28.9 Å². The molecular formula is C19H19N3O5. The number of hydrogen-bond donors (Lipinski definition) is 2. The summed E-state index contributed by atoms with van der Waals surface area (Å²) >= 11 is 0. The third-order valence-electron chi connectivity index (χ3n) is 4.06. The molecular weight excluding hydrogens is 350 g/mol. The number of hydrogen-bond acceptors (Lipinski definition) is 6. The number of nitrogens with zero attached hydrogens (tertiary/aromatic N) is 1. The number of ether oxygens (including phenoxy) is 1. The number of rotatable bonds is 7. The fourth-order valence-corrected chi connectivity index (χ4v) is 2.42. The van der Waals surface area contributed by atoms with Gasteiger partial charge in [0.1, 0.15) is 5.69 Å². The molecule has 0 radical (unpaired) electrons. The maximum atomic E-state index is 12.3. The van der Waals surface area contributed by atoms with Crippen LogP contribution in [0.5, 0.6) is 0 Å². The molecule has 0 spiro atoms. The number of nitro groups is 1. The van der Waals surface area contributed by atoms with Gasteiger partial charge in [-0.2, -0.15) is 0 Å². The number of esters is 1. The first-order valence-electron chi connectivity index (χ1n) is 8.56. The van der Waals surface area contributed by atoms with Crippen molar-refractivity contribution in [1.82, 2.24) is 5.32 Å². The summed E-state index contributed by atoms with van der Waals surface area (Å²) in [6, 6.07) is 13.1. The lowest BCUT2D eigenvalue weighted by molar-refractivity contribution is -0.383. The Balaban J connectivity index is 1.73. The van der Waals surface area contributed by atoms with Crippen molar-refractivity contribution >= 4 is 28.9 Å². The van der Waals surface area contributed by atoms with Crippen LogP contribution in [0.1, 0.15) is 30.1 Å². The predicted molar refractivity (Wildman–Crippen MR) is 98.9 cm³/mol. The SMILES string of the molecule is C[C@@H](OC(=O)c1ccc(Nc2ccccc2)c([N+](=O)[O-])c1)C(=O)NC1CC1. The van der Waals surface area contributed by atoms with Gasteiger partial charge in [0.15, 0.2) is 6.10 Å². The van der Waals surface area contributed by atoms with E-state index >= 15 is 0 Å². The number of carbonyl (C=O) groups is 2. The van der Waals surface area contributed by atoms with Gasteiger partial charge in [0, 0.05) is 17.8 Å². The van der Waals surface area contributed by atoms with Crippen molar-refractivity contribution in [3.8, 4) is 0 Å². The summed E-state index contributed by atoms with van der Waals surface area (Å²) in [6.45, 7) is 1.47. The van der Waals surface area contributed by atoms with Gasteiger partial charge in [0.2, 0.25) is 0 Å². The molecule has 0 unspecified atom stereocenters. The van der Waals surface area contributed by atoms with Gasteiger partial charge in [-0.15, -0.1) is 0 Å². The Morgan fingerprint density at radius 3 is 2.52 bits per heavy atom. The highest BCUT2D eigenvalue weighted by Gasteiger charge is 2.28. The molecule has 3 rings (SSSR count). The van der Waals surface area contributed by atoms with Gasteiger partial charge < -0.3 is 15.4 Å². The number of benzene rings is 2. The number of amides is 1. The summed E-state index contributed by atoms with van der Waals surface area (Å²) < 4.78 is 5.13. The highest BCUT2D eigenvalue weighted by Crippen LogP contribution is 2.29. The minimum atomic E-state index is -0.973. The second-order valence-corrected chi connectivity index (χ2v) is 6.31. The van der Waals surface area contributed by atoms with Gasteiger partial charge >= 0.3 is 5.97 Å². The van der Waals surface area contributed by atoms with E-state index in [1.165, 1.54) is 19.1 Å². The van der Waals surface area contributed by atoms with Crippen LogP contribution in [0, 0.1) is 10.1 Å². The summed E-state index contributed by atoms with van der Waals surface area (Å²) in [5.41, 5.74) is 0.679. The molecule has 2 aromatic carbocycles. The largest absolute Gasteiger partial charge is 0.449 e. The molecule has 2 N–H and O–H groups in total. The molecule has 2 aromatic rings. The average molecular weight is 369 g/mol. The third kappa shape index (κ3) is 4.81. The second kappa shape index (κ2) is 7.86. The van der Waals surface area contributed by atoms with Crippen molar-refractivity contribution in [3.63, 3.8) is 0 Å². The Labute approximate surface area is 155 Å². The highest BCUT2D eigenvalue weighted by molar-refractivity contribution is 5.94. The van der Waals surface area contributed by atoms with E-state index in [0.29, 0.717) is 5.69 Å². The second-order valence-electron chi connectivity index (χ2n) is 6.31. The van der Waals surface area contributed by atoms with Crippen LogP contribution in [0.4, 0.5) is 17.1 Å². The number of nitro benzene ring substituents is 1. The van der Waals surface area contributed by atoms with Crippen LogP contribution in [0.15, 0.2) is 48.5 Å². The highest BCUT2D eigenvalue weighted by atomic mass is 16.6. The lowest BCUT2D eigenvalue weighted by atomic mass is 10.1. The molecule has 1 amide bonds. The van der Waals surface area contributed by atoms with Crippen LogP contribution in [-0.4, -0.2) is 28.9 Å². The fourth-order valence-electron chi connectivity index (χ4n) is 2.42. The van der Waals surface area contributed by atoms with Crippen molar-refractivity contribution in [1.29, 1.82) is 0 Å². The normalized spacial score (nSPS) is 14.1. The van der Waals surface area contributed by atoms with E-state index in [0.717, 1.165) is 18.9 Å². The number of para-hydroxylation sites is 1. The van der Waals surface area contributed by atoms with Crippen molar-refractivity contribution in [2.24, 2.45) is 0 Å². The van der Waals surface area contributed by atoms with E-state index in [4.69, 9.17) is 4.74 Å². The molecule has 0 heterocycles. The molecule has 140 valence electrons. The fraction of sp³-hybridized carbons (Fsp3) is 0.263. The summed E-state index contributed by atoms with van der Waals surface area (Å²) in [6.07, 6.45) is 0.877. The number of carbonyl (C=O) groups excluding carboxylic acids is 2. The van der Waals surface area contributed by atoms with Gasteiger partial charge in [-0.25, -0.2) is 4.79 Å². The maximum Gasteiger partial charge on any atom is 0.339 e. The minimum Gasteiger partial charge on any atom is -0.449 e. The monoisotopic (exact) mass is 369 g/mol. The van der Waals surface area contributed by atoms with Gasteiger partial charge in [-0.3, -0.25) is 14.9 Å². The standard InChI is InChI=1S/C19H19N3O5/c1-12(18(23)21-15-8-9-15)27-19(24)13-7-10-16(17(11-13)22(25)26)20-14-5-3-2-4-6-14/h2-7,10-12,15,20H,8-9H2,1H3,(H,21,23)/t12-/m1/s1. The maximum absolute atomic E-state index is 12.3. The Morgan fingerprint density at radius 1 is 1.19 bits per heavy atom. The van der Waals surface area contributed by atoms with Crippen LogP contribution < -0.4 is 10.6 Å². The molecule has 0 aliphatic heterocycles. The Morgan fingerprint density at radius 2 is 1.89 bits per heavy atom. The Kier molecular flexibility index (Phi) is 5.35. The van der Waals surface area contributed by atoms with Crippen LogP contribution >= 0.6 is 0 Å². The molecule has 0 aromatic heterocycles. The first kappa shape index (κ1) is 18.4. The van der Waals surface area contributed by atoms with E-state index in [2.05, 4.69) is 10.6 Å². The lowest BCUT2D eigenvalue weighted by Gasteiger charge is -2.13. The minimum absolute atomic E-state index is 0.00591. The topological polar surface area (TPSA) is 111 Å². The first-order valence-corrected chi connectivity index (χ1v) is 8.56. The van der Waals surface area contributed by atoms with E-state index in [1.54, 1.807) is 24.3 Å². The Bertz CT molecular complexity index is 865. The van der Waals surface area contributed by atoms with Gasteiger partial charge in [0.25, 0.3) is 11.6 Å². The van der Waals surface area contributed by atoms with Crippen LogP contribution in [0.2, 0.25) is 0 Å². The number of anilines is 2. The quantitative estimate of drug-likeness (QED) is 0.441. The summed E-state index contributed by atoms with van der Waals surface area (Å²) in [4.78, 5) is 35.0. The van der Waals surface area contributed by atoms with Crippen molar-refractivity contribution in [3.05, 3.63) is 64.2 Å². The summed E-state index contributed by atoms with van der Waals surface area (Å²) in [5, 5.41) is 17.1. The number of nitrogens with one attached hydrogen (secondary N) is 2. The van der Waals surface area contributed by atoms with Crippen molar-refractivity contribution in [2.45, 2.75) is 31.9 Å². The summed E-state index contributed by atoms with van der Waals surface area (Å²) in [5.74, 6) is -1.16. The van der Waals surface area contributed by atoms with E-state index < -0.39 is 17.0 Å². The van der Waals surface area contributed by atoms with E-state index in [1.807, 2.05) is 6.07 Å². The molecule has 8 heteroatoms. The predicted octanol–water partition coefficient (Wildman–Crippen LogP) is 3.16. The van der Waals surface area contributed by atoms with Crippen LogP contribution in [0.25, 0.3) is 0 Å². The molecule has 8 nitrogen and oxygen atoms in total. The lowest BCUT2D eigenvalue weighted by Crippen LogP contribution is -2.37. The zero-order chi connectivity index (χ0) is 19.4. The van der Waals surface area contributed by atoms with Gasteiger partial charge in [-0.1, -0.05) is 18.2 Å². The molecule has 0 bridgehead atoms. The smallest absolute Gasteiger partial charge is 0.339 e. The molecule has 1 fully saturated rings. The van der Waals surface area contributed by atoms with Gasteiger partial charge in [0.05, 0.1) is 10.5 Å². The van der Waals surface area contributed by atoms with Crippen molar-refractivity contribution < 1.29 is 19.2 Å². The molecule has 0 saturated heterocycles. The first-order chi connectivity index (χ1) is 12.9.